The number of hydrogen-bond donors (Lipinski definition) is 2. The van der Waals surface area contributed by atoms with E-state index in [4.69, 9.17) is 19.2 Å². The van der Waals surface area contributed by atoms with E-state index in [1.165, 1.54) is 12.0 Å². The molecule has 0 unspecified atom stereocenters. The lowest BCUT2D eigenvalue weighted by Gasteiger charge is -2.24. The van der Waals surface area contributed by atoms with Crippen LogP contribution in [0.4, 0.5) is 10.7 Å². The number of carbonyl (C=O) groups excluding carboxylic acids is 1. The second-order valence-electron chi connectivity index (χ2n) is 9.98. The third-order valence-electron chi connectivity index (χ3n) is 7.45. The summed E-state index contributed by atoms with van der Waals surface area (Å²) >= 11 is 0. The third kappa shape index (κ3) is 5.45. The van der Waals surface area contributed by atoms with Crippen LogP contribution in [0.15, 0.2) is 66.9 Å². The summed E-state index contributed by atoms with van der Waals surface area (Å²) in [5.74, 6) is 0.516. The number of benzene rings is 2. The Morgan fingerprint density at radius 1 is 0.838 bits per heavy atom. The van der Waals surface area contributed by atoms with E-state index in [9.17, 15) is 4.79 Å². The van der Waals surface area contributed by atoms with Gasteiger partial charge in [0.25, 0.3) is 0 Å². The smallest absolute Gasteiger partial charge is 0.407 e. The van der Waals surface area contributed by atoms with Gasteiger partial charge < -0.3 is 24.8 Å². The molecule has 192 valence electrons. The highest BCUT2D eigenvalue weighted by Gasteiger charge is 2.49. The standard InChI is InChI=1S/C29H32N4O4/c34-29(31-22-9-5-2-6-10-22)37-25-18-36-26-24(17-35-27(25)26)33-28-30-16-15-23(32-28)21-13-11-20(12-14-21)19-7-3-1-4-8-19/h1,3-4,7-8,11-16,22,24-27H,2,5-6,9-10,17-18H2,(H,31,34)(H,30,32,33)/t24-,25+,26+,27+/m0/s1. The molecular formula is C29H32N4O4. The molecule has 2 aliphatic heterocycles. The number of rotatable bonds is 6. The molecule has 3 aromatic rings. The molecule has 4 atom stereocenters. The fraction of sp³-hybridized carbons (Fsp3) is 0.414. The number of hydrogen-bond acceptors (Lipinski definition) is 7. The van der Waals surface area contributed by atoms with Crippen molar-refractivity contribution in [1.82, 2.24) is 15.3 Å². The maximum absolute atomic E-state index is 12.4. The Labute approximate surface area is 216 Å². The minimum atomic E-state index is -0.421. The van der Waals surface area contributed by atoms with Gasteiger partial charge in [-0.1, -0.05) is 73.9 Å². The van der Waals surface area contributed by atoms with Gasteiger partial charge >= 0.3 is 6.09 Å². The molecule has 2 saturated heterocycles. The molecule has 0 spiro atoms. The molecule has 2 N–H and O–H groups in total. The van der Waals surface area contributed by atoms with Crippen LogP contribution >= 0.6 is 0 Å². The quantitative estimate of drug-likeness (QED) is 0.501. The number of aromatic nitrogens is 2. The van der Waals surface area contributed by atoms with Gasteiger partial charge in [0.1, 0.15) is 12.2 Å². The van der Waals surface area contributed by atoms with Crippen LogP contribution in [0, 0.1) is 0 Å². The van der Waals surface area contributed by atoms with Gasteiger partial charge in [0.2, 0.25) is 5.95 Å². The van der Waals surface area contributed by atoms with Gasteiger partial charge in [-0.05, 0) is 30.0 Å². The first kappa shape index (κ1) is 23.9. The Kier molecular flexibility index (Phi) is 7.01. The molecule has 1 aromatic heterocycles. The molecule has 2 aromatic carbocycles. The Hall–Kier alpha value is -3.49. The van der Waals surface area contributed by atoms with Crippen LogP contribution in [0.3, 0.4) is 0 Å². The van der Waals surface area contributed by atoms with Crippen molar-refractivity contribution in [1.29, 1.82) is 0 Å². The van der Waals surface area contributed by atoms with E-state index in [1.807, 2.05) is 24.3 Å². The fourth-order valence-corrected chi connectivity index (χ4v) is 5.49. The van der Waals surface area contributed by atoms with Crippen LogP contribution in [0.25, 0.3) is 22.4 Å². The number of ether oxygens (including phenoxy) is 3. The summed E-state index contributed by atoms with van der Waals surface area (Å²) in [7, 11) is 0. The molecule has 37 heavy (non-hydrogen) atoms. The molecule has 1 aliphatic carbocycles. The average Bonchev–Trinajstić information content (AvgIpc) is 3.53. The lowest BCUT2D eigenvalue weighted by Crippen LogP contribution is -2.42. The van der Waals surface area contributed by atoms with E-state index in [-0.39, 0.29) is 30.4 Å². The number of alkyl carbamates (subject to hydrolysis) is 1. The van der Waals surface area contributed by atoms with Gasteiger partial charge in [0.15, 0.2) is 6.10 Å². The van der Waals surface area contributed by atoms with E-state index in [0.29, 0.717) is 19.2 Å². The second-order valence-corrected chi connectivity index (χ2v) is 9.98. The van der Waals surface area contributed by atoms with Crippen molar-refractivity contribution in [2.24, 2.45) is 0 Å². The summed E-state index contributed by atoms with van der Waals surface area (Å²) in [6.45, 7) is 0.749. The van der Waals surface area contributed by atoms with Crippen LogP contribution in [0.5, 0.6) is 0 Å². The third-order valence-corrected chi connectivity index (χ3v) is 7.45. The van der Waals surface area contributed by atoms with Crippen molar-refractivity contribution in [2.45, 2.75) is 62.5 Å². The molecule has 8 heteroatoms. The Balaban J connectivity index is 1.06. The van der Waals surface area contributed by atoms with Gasteiger partial charge in [0, 0.05) is 17.8 Å². The maximum atomic E-state index is 12.4. The SMILES string of the molecule is O=C(NC1CCCCC1)O[C@@H]1CO[C@H]2[C@@H]1OC[C@@H]2Nc1nccc(-c2ccc(-c3ccccc3)cc2)n1. The minimum Gasteiger partial charge on any atom is -0.441 e. The molecule has 0 bridgehead atoms. The van der Waals surface area contributed by atoms with Crippen molar-refractivity contribution in [3.63, 3.8) is 0 Å². The van der Waals surface area contributed by atoms with Crippen LogP contribution < -0.4 is 10.6 Å². The topological polar surface area (TPSA) is 94.6 Å². The number of nitrogens with one attached hydrogen (secondary N) is 2. The molecule has 0 radical (unpaired) electrons. The van der Waals surface area contributed by atoms with E-state index >= 15 is 0 Å². The van der Waals surface area contributed by atoms with E-state index in [1.54, 1.807) is 6.20 Å². The fourth-order valence-electron chi connectivity index (χ4n) is 5.49. The normalized spacial score (nSPS) is 25.4. The second kappa shape index (κ2) is 10.9. The van der Waals surface area contributed by atoms with Crippen LogP contribution in [-0.4, -0.2) is 59.7 Å². The first-order valence-corrected chi connectivity index (χ1v) is 13.2. The van der Waals surface area contributed by atoms with Crippen molar-refractivity contribution in [2.75, 3.05) is 18.5 Å². The largest absolute Gasteiger partial charge is 0.441 e. The zero-order valence-corrected chi connectivity index (χ0v) is 20.7. The average molecular weight is 501 g/mol. The predicted octanol–water partition coefficient (Wildman–Crippen LogP) is 4.82. The van der Waals surface area contributed by atoms with Gasteiger partial charge in [-0.25, -0.2) is 14.8 Å². The van der Waals surface area contributed by atoms with E-state index in [0.717, 1.165) is 42.5 Å². The first-order chi connectivity index (χ1) is 18.2. The first-order valence-electron chi connectivity index (χ1n) is 13.2. The highest BCUT2D eigenvalue weighted by Crippen LogP contribution is 2.31. The summed E-state index contributed by atoms with van der Waals surface area (Å²) in [5, 5.41) is 6.37. The lowest BCUT2D eigenvalue weighted by atomic mass is 9.96. The number of amides is 1. The highest BCUT2D eigenvalue weighted by atomic mass is 16.6. The lowest BCUT2D eigenvalue weighted by molar-refractivity contribution is 0.00314. The van der Waals surface area contributed by atoms with Gasteiger partial charge in [-0.2, -0.15) is 0 Å². The predicted molar refractivity (Wildman–Crippen MR) is 140 cm³/mol. The summed E-state index contributed by atoms with van der Waals surface area (Å²) in [6.07, 6.45) is 5.99. The monoisotopic (exact) mass is 500 g/mol. The van der Waals surface area contributed by atoms with Crippen molar-refractivity contribution < 1.29 is 19.0 Å². The summed E-state index contributed by atoms with van der Waals surface area (Å²) in [4.78, 5) is 21.6. The molecule has 1 amide bonds. The van der Waals surface area contributed by atoms with Crippen molar-refractivity contribution >= 4 is 12.0 Å². The minimum absolute atomic E-state index is 0.129. The number of carbonyl (C=O) groups is 1. The Morgan fingerprint density at radius 3 is 2.38 bits per heavy atom. The van der Waals surface area contributed by atoms with Crippen LogP contribution in [0.1, 0.15) is 32.1 Å². The molecule has 3 fully saturated rings. The van der Waals surface area contributed by atoms with Gasteiger partial charge in [0.05, 0.1) is 24.9 Å². The zero-order chi connectivity index (χ0) is 25.0. The molecule has 3 heterocycles. The van der Waals surface area contributed by atoms with E-state index in [2.05, 4.69) is 52.0 Å². The van der Waals surface area contributed by atoms with Crippen LogP contribution in [-0.2, 0) is 14.2 Å². The Morgan fingerprint density at radius 2 is 1.57 bits per heavy atom. The zero-order valence-electron chi connectivity index (χ0n) is 20.7. The molecule has 6 rings (SSSR count). The number of nitrogens with zero attached hydrogens (tertiary/aromatic N) is 2. The summed E-state index contributed by atoms with van der Waals surface area (Å²) < 4.78 is 17.7. The van der Waals surface area contributed by atoms with Gasteiger partial charge in [-0.15, -0.1) is 0 Å². The number of fused-ring (bicyclic) bond motifs is 1. The van der Waals surface area contributed by atoms with Crippen molar-refractivity contribution in [3.05, 3.63) is 66.9 Å². The van der Waals surface area contributed by atoms with Crippen LogP contribution in [0.2, 0.25) is 0 Å². The Bertz CT molecular complexity index is 1200. The summed E-state index contributed by atoms with van der Waals surface area (Å²) in [5.41, 5.74) is 4.19. The number of anilines is 1. The van der Waals surface area contributed by atoms with E-state index < -0.39 is 6.10 Å². The summed E-state index contributed by atoms with van der Waals surface area (Å²) in [6, 6.07) is 20.6. The van der Waals surface area contributed by atoms with Crippen molar-refractivity contribution in [3.8, 4) is 22.4 Å². The molecule has 8 nitrogen and oxygen atoms in total. The van der Waals surface area contributed by atoms with Gasteiger partial charge in [-0.3, -0.25) is 0 Å². The molecular weight excluding hydrogens is 468 g/mol. The molecule has 3 aliphatic rings. The highest BCUT2D eigenvalue weighted by molar-refractivity contribution is 5.69. The maximum Gasteiger partial charge on any atom is 0.407 e. The molecule has 1 saturated carbocycles.